The molecule has 0 bridgehead atoms. The molecule has 1 aromatic heterocycles. The summed E-state index contributed by atoms with van der Waals surface area (Å²) in [7, 11) is 0. The molecule has 0 aliphatic carbocycles. The lowest BCUT2D eigenvalue weighted by Crippen LogP contribution is -2.46. The molecule has 0 radical (unpaired) electrons. The van der Waals surface area contributed by atoms with Gasteiger partial charge in [-0.15, -0.1) is 0 Å². The van der Waals surface area contributed by atoms with E-state index < -0.39 is 0 Å². The van der Waals surface area contributed by atoms with Gasteiger partial charge in [-0.3, -0.25) is 9.80 Å². The van der Waals surface area contributed by atoms with Crippen LogP contribution in [0.1, 0.15) is 11.5 Å². The first kappa shape index (κ1) is 11.6. The van der Waals surface area contributed by atoms with E-state index >= 15 is 0 Å². The molecule has 1 saturated heterocycles. The molecule has 2 heterocycles. The van der Waals surface area contributed by atoms with Crippen molar-refractivity contribution in [1.29, 1.82) is 0 Å². The van der Waals surface area contributed by atoms with Crippen LogP contribution in [0.2, 0.25) is 0 Å². The van der Waals surface area contributed by atoms with Crippen molar-refractivity contribution in [2.24, 2.45) is 0 Å². The lowest BCUT2D eigenvalue weighted by atomic mass is 10.3. The van der Waals surface area contributed by atoms with Crippen molar-refractivity contribution in [3.63, 3.8) is 0 Å². The van der Waals surface area contributed by atoms with Crippen molar-refractivity contribution in [2.45, 2.75) is 13.5 Å². The summed E-state index contributed by atoms with van der Waals surface area (Å²) in [6.45, 7) is 8.13. The van der Waals surface area contributed by atoms with Crippen molar-refractivity contribution < 1.29 is 9.52 Å². The predicted molar refractivity (Wildman–Crippen MR) is 62.2 cm³/mol. The lowest BCUT2D eigenvalue weighted by molar-refractivity contribution is 0.103. The number of hydrogen-bond donors (Lipinski definition) is 1. The van der Waals surface area contributed by atoms with Crippen LogP contribution in [0.3, 0.4) is 0 Å². The number of piperazine rings is 1. The highest BCUT2D eigenvalue weighted by atomic mass is 16.3. The predicted octanol–water partition coefficient (Wildman–Crippen LogP) is 0.698. The van der Waals surface area contributed by atoms with Crippen molar-refractivity contribution in [2.75, 3.05) is 39.3 Å². The number of aryl methyl sites for hydroxylation is 1. The van der Waals surface area contributed by atoms with E-state index in [1.54, 1.807) is 0 Å². The number of β-amino-alcohol motifs (C(OH)–C–C–N with tert-alkyl or cyclic N) is 1. The first-order valence-electron chi connectivity index (χ1n) is 5.89. The number of aliphatic hydroxyl groups is 1. The zero-order valence-electron chi connectivity index (χ0n) is 9.85. The Hall–Kier alpha value is -0.840. The summed E-state index contributed by atoms with van der Waals surface area (Å²) >= 11 is 0. The van der Waals surface area contributed by atoms with E-state index in [1.807, 2.05) is 13.0 Å². The maximum atomic E-state index is 8.85. The molecule has 90 valence electrons. The molecule has 1 aliphatic heterocycles. The Bertz CT molecular complexity index is 317. The summed E-state index contributed by atoms with van der Waals surface area (Å²) in [6.07, 6.45) is 0. The quantitative estimate of drug-likeness (QED) is 0.817. The van der Waals surface area contributed by atoms with Crippen LogP contribution in [0.4, 0.5) is 0 Å². The minimum Gasteiger partial charge on any atom is -0.465 e. The summed E-state index contributed by atoms with van der Waals surface area (Å²) in [5.74, 6) is 2.03. The van der Waals surface area contributed by atoms with Crippen LogP contribution >= 0.6 is 0 Å². The van der Waals surface area contributed by atoms with E-state index in [9.17, 15) is 0 Å². The standard InChI is InChI=1S/C12H20N2O2/c1-11-2-3-12(16-11)10-14-6-4-13(5-7-14)8-9-15/h2-3,15H,4-10H2,1H3. The van der Waals surface area contributed by atoms with Gasteiger partial charge in [-0.2, -0.15) is 0 Å². The third-order valence-corrected chi connectivity index (χ3v) is 3.06. The van der Waals surface area contributed by atoms with Gasteiger partial charge in [0.25, 0.3) is 0 Å². The fourth-order valence-electron chi connectivity index (χ4n) is 2.10. The van der Waals surface area contributed by atoms with Gasteiger partial charge >= 0.3 is 0 Å². The summed E-state index contributed by atoms with van der Waals surface area (Å²) in [6, 6.07) is 4.06. The van der Waals surface area contributed by atoms with Gasteiger partial charge in [-0.25, -0.2) is 0 Å². The van der Waals surface area contributed by atoms with E-state index in [0.717, 1.165) is 50.8 Å². The maximum Gasteiger partial charge on any atom is 0.118 e. The van der Waals surface area contributed by atoms with E-state index in [1.165, 1.54) is 0 Å². The molecule has 0 atom stereocenters. The molecular weight excluding hydrogens is 204 g/mol. The Morgan fingerprint density at radius 1 is 1.19 bits per heavy atom. The van der Waals surface area contributed by atoms with Crippen molar-refractivity contribution in [1.82, 2.24) is 9.80 Å². The van der Waals surface area contributed by atoms with Gasteiger partial charge in [0.05, 0.1) is 13.2 Å². The highest BCUT2D eigenvalue weighted by Gasteiger charge is 2.17. The fraction of sp³-hybridized carbons (Fsp3) is 0.667. The van der Waals surface area contributed by atoms with E-state index in [4.69, 9.17) is 9.52 Å². The average Bonchev–Trinajstić information content (AvgIpc) is 2.67. The van der Waals surface area contributed by atoms with Gasteiger partial charge in [0, 0.05) is 32.7 Å². The van der Waals surface area contributed by atoms with Gasteiger partial charge in [-0.1, -0.05) is 0 Å². The van der Waals surface area contributed by atoms with Crippen molar-refractivity contribution in [3.8, 4) is 0 Å². The number of hydrogen-bond acceptors (Lipinski definition) is 4. The Kier molecular flexibility index (Phi) is 3.98. The van der Waals surface area contributed by atoms with E-state index in [-0.39, 0.29) is 6.61 Å². The minimum atomic E-state index is 0.261. The Balaban J connectivity index is 1.77. The monoisotopic (exact) mass is 224 g/mol. The van der Waals surface area contributed by atoms with Gasteiger partial charge in [0.2, 0.25) is 0 Å². The summed E-state index contributed by atoms with van der Waals surface area (Å²) in [5.41, 5.74) is 0. The molecule has 4 nitrogen and oxygen atoms in total. The largest absolute Gasteiger partial charge is 0.465 e. The molecular formula is C12H20N2O2. The molecule has 0 unspecified atom stereocenters. The molecule has 1 N–H and O–H groups in total. The topological polar surface area (TPSA) is 39.9 Å². The molecule has 16 heavy (non-hydrogen) atoms. The van der Waals surface area contributed by atoms with Crippen molar-refractivity contribution >= 4 is 0 Å². The lowest BCUT2D eigenvalue weighted by Gasteiger charge is -2.33. The molecule has 0 spiro atoms. The normalized spacial score (nSPS) is 19.1. The minimum absolute atomic E-state index is 0.261. The van der Waals surface area contributed by atoms with E-state index in [0.29, 0.717) is 0 Å². The maximum absolute atomic E-state index is 8.85. The molecule has 0 amide bonds. The number of furan rings is 1. The van der Waals surface area contributed by atoms with Gasteiger partial charge in [0.1, 0.15) is 11.5 Å². The zero-order chi connectivity index (χ0) is 11.4. The second-order valence-electron chi connectivity index (χ2n) is 4.35. The van der Waals surface area contributed by atoms with Crippen LogP contribution in [0, 0.1) is 6.92 Å². The number of rotatable bonds is 4. The van der Waals surface area contributed by atoms with Crippen LogP contribution in [0.5, 0.6) is 0 Å². The summed E-state index contributed by atoms with van der Waals surface area (Å²) < 4.78 is 5.57. The molecule has 4 heteroatoms. The molecule has 1 aliphatic rings. The van der Waals surface area contributed by atoms with Crippen LogP contribution in [-0.4, -0.2) is 54.2 Å². The highest BCUT2D eigenvalue weighted by Crippen LogP contribution is 2.11. The van der Waals surface area contributed by atoms with Crippen LogP contribution in [0.15, 0.2) is 16.5 Å². The smallest absolute Gasteiger partial charge is 0.118 e. The molecule has 0 saturated carbocycles. The number of nitrogens with zero attached hydrogens (tertiary/aromatic N) is 2. The van der Waals surface area contributed by atoms with E-state index in [2.05, 4.69) is 15.9 Å². The van der Waals surface area contributed by atoms with Crippen LogP contribution in [-0.2, 0) is 6.54 Å². The van der Waals surface area contributed by atoms with Crippen LogP contribution < -0.4 is 0 Å². The highest BCUT2D eigenvalue weighted by molar-refractivity contribution is 5.05. The second-order valence-corrected chi connectivity index (χ2v) is 4.35. The fourth-order valence-corrected chi connectivity index (χ4v) is 2.10. The Morgan fingerprint density at radius 3 is 2.44 bits per heavy atom. The van der Waals surface area contributed by atoms with Gasteiger partial charge in [-0.05, 0) is 19.1 Å². The first-order chi connectivity index (χ1) is 7.78. The molecule has 1 fully saturated rings. The Labute approximate surface area is 96.5 Å². The van der Waals surface area contributed by atoms with Crippen molar-refractivity contribution in [3.05, 3.63) is 23.7 Å². The molecule has 2 rings (SSSR count). The Morgan fingerprint density at radius 2 is 1.88 bits per heavy atom. The summed E-state index contributed by atoms with van der Waals surface area (Å²) in [5, 5.41) is 8.85. The average molecular weight is 224 g/mol. The summed E-state index contributed by atoms with van der Waals surface area (Å²) in [4.78, 5) is 4.69. The third-order valence-electron chi connectivity index (χ3n) is 3.06. The first-order valence-corrected chi connectivity index (χ1v) is 5.89. The molecule has 1 aromatic rings. The second kappa shape index (κ2) is 5.48. The number of aliphatic hydroxyl groups excluding tert-OH is 1. The SMILES string of the molecule is Cc1ccc(CN2CCN(CCO)CC2)o1. The van der Waals surface area contributed by atoms with Gasteiger partial charge in [0.15, 0.2) is 0 Å². The third kappa shape index (κ3) is 3.07. The molecule has 0 aromatic carbocycles. The van der Waals surface area contributed by atoms with Crippen LogP contribution in [0.25, 0.3) is 0 Å². The van der Waals surface area contributed by atoms with Gasteiger partial charge < -0.3 is 9.52 Å². The zero-order valence-corrected chi connectivity index (χ0v) is 9.85.